The number of fused-ring (bicyclic) bond motifs is 1. The van der Waals surface area contributed by atoms with Gasteiger partial charge in [0, 0.05) is 12.6 Å². The third-order valence-corrected chi connectivity index (χ3v) is 8.08. The van der Waals surface area contributed by atoms with E-state index in [0.717, 1.165) is 27.2 Å². The van der Waals surface area contributed by atoms with Crippen LogP contribution in [-0.4, -0.2) is 43.7 Å². The Bertz CT molecular complexity index is 1260. The number of phenols is 1. The average Bonchev–Trinajstić information content (AvgIpc) is 2.96. The molecule has 31 heavy (non-hydrogen) atoms. The van der Waals surface area contributed by atoms with Crippen LogP contribution < -0.4 is 9.03 Å². The van der Waals surface area contributed by atoms with Crippen LogP contribution >= 0.6 is 0 Å². The predicted octanol–water partition coefficient (Wildman–Crippen LogP) is 1.72. The van der Waals surface area contributed by atoms with E-state index in [1.54, 1.807) is 6.07 Å². The highest BCUT2D eigenvalue weighted by Crippen LogP contribution is 2.33. The van der Waals surface area contributed by atoms with Crippen molar-refractivity contribution in [3.05, 3.63) is 71.2 Å². The molecule has 0 fully saturated rings. The molecule has 0 aromatic heterocycles. The Morgan fingerprint density at radius 2 is 1.84 bits per heavy atom. The lowest BCUT2D eigenvalue weighted by Crippen LogP contribution is -2.43. The summed E-state index contributed by atoms with van der Waals surface area (Å²) in [7, 11) is -7.39. The van der Waals surface area contributed by atoms with Crippen molar-refractivity contribution in [3.63, 3.8) is 0 Å². The number of aromatic hydroxyl groups is 1. The molecule has 0 amide bonds. The molecule has 0 aliphatic carbocycles. The Morgan fingerprint density at radius 1 is 1.13 bits per heavy atom. The van der Waals surface area contributed by atoms with Crippen LogP contribution in [0.25, 0.3) is 0 Å². The van der Waals surface area contributed by atoms with Gasteiger partial charge in [-0.05, 0) is 48.1 Å². The van der Waals surface area contributed by atoms with Gasteiger partial charge in [0.15, 0.2) is 0 Å². The number of rotatable bonds is 5. The van der Waals surface area contributed by atoms with Crippen LogP contribution in [0, 0.1) is 0 Å². The first-order valence-electron chi connectivity index (χ1n) is 9.63. The normalized spacial score (nSPS) is 20.7. The molecule has 0 saturated heterocycles. The van der Waals surface area contributed by atoms with Gasteiger partial charge in [0.1, 0.15) is 11.4 Å². The number of hydrogen-bond donors (Lipinski definition) is 3. The molecule has 9 nitrogen and oxygen atoms in total. The van der Waals surface area contributed by atoms with Crippen LogP contribution in [0.4, 0.5) is 5.69 Å². The lowest BCUT2D eigenvalue weighted by molar-refractivity contribution is 0.280. The van der Waals surface area contributed by atoms with Crippen LogP contribution in [0.2, 0.25) is 0 Å². The summed E-state index contributed by atoms with van der Waals surface area (Å²) in [6.45, 7) is 0.333. The maximum absolute atomic E-state index is 12.3. The SMILES string of the molecule is CS(=O)(=O)N1Cc2ccccc2CC1CCc1ccc(N2C=C(O)NS2(=O)=O)c(O)c1. The van der Waals surface area contributed by atoms with Gasteiger partial charge < -0.3 is 10.2 Å². The highest BCUT2D eigenvalue weighted by molar-refractivity contribution is 7.91. The summed E-state index contributed by atoms with van der Waals surface area (Å²) >= 11 is 0. The van der Waals surface area contributed by atoms with E-state index >= 15 is 0 Å². The quantitative estimate of drug-likeness (QED) is 0.617. The molecule has 2 aromatic rings. The lowest BCUT2D eigenvalue weighted by Gasteiger charge is -2.35. The number of nitrogens with zero attached hydrogens (tertiary/aromatic N) is 2. The summed E-state index contributed by atoms with van der Waals surface area (Å²) in [5.74, 6) is -0.801. The van der Waals surface area contributed by atoms with Crippen molar-refractivity contribution < 1.29 is 27.0 Å². The van der Waals surface area contributed by atoms with Gasteiger partial charge in [-0.1, -0.05) is 30.3 Å². The van der Waals surface area contributed by atoms with Gasteiger partial charge in [-0.25, -0.2) is 17.4 Å². The number of aryl methyl sites for hydroxylation is 1. The molecule has 1 unspecified atom stereocenters. The minimum absolute atomic E-state index is 0.00431. The molecule has 0 spiro atoms. The van der Waals surface area contributed by atoms with Crippen molar-refractivity contribution in [2.75, 3.05) is 10.6 Å². The number of benzene rings is 2. The summed E-state index contributed by atoms with van der Waals surface area (Å²) in [5, 5.41) is 19.8. The number of phenolic OH excluding ortho intramolecular Hbond substituents is 1. The van der Waals surface area contributed by atoms with Crippen molar-refractivity contribution >= 4 is 25.9 Å². The summed E-state index contributed by atoms with van der Waals surface area (Å²) in [4.78, 5) is 0. The Balaban J connectivity index is 1.53. The minimum Gasteiger partial charge on any atom is -0.506 e. The van der Waals surface area contributed by atoms with Gasteiger partial charge in [0.25, 0.3) is 0 Å². The lowest BCUT2D eigenvalue weighted by atomic mass is 9.92. The molecule has 1 atom stereocenters. The Morgan fingerprint density at radius 3 is 2.45 bits per heavy atom. The molecule has 0 radical (unpaired) electrons. The van der Waals surface area contributed by atoms with Crippen LogP contribution in [0.15, 0.2) is 54.5 Å². The van der Waals surface area contributed by atoms with Crippen LogP contribution in [0.5, 0.6) is 5.75 Å². The number of hydrogen-bond acceptors (Lipinski definition) is 6. The summed E-state index contributed by atoms with van der Waals surface area (Å²) < 4.78 is 52.9. The monoisotopic (exact) mass is 465 g/mol. The maximum atomic E-state index is 12.3. The molecule has 11 heteroatoms. The predicted molar refractivity (Wildman–Crippen MR) is 116 cm³/mol. The van der Waals surface area contributed by atoms with Crippen LogP contribution in [0.1, 0.15) is 23.1 Å². The van der Waals surface area contributed by atoms with E-state index in [4.69, 9.17) is 0 Å². The molecule has 0 saturated carbocycles. The van der Waals surface area contributed by atoms with E-state index in [9.17, 15) is 27.0 Å². The number of sulfonamides is 1. The molecule has 3 N–H and O–H groups in total. The summed E-state index contributed by atoms with van der Waals surface area (Å²) in [5.41, 5.74) is 2.88. The van der Waals surface area contributed by atoms with Gasteiger partial charge in [-0.3, -0.25) is 0 Å². The molecule has 4 rings (SSSR count). The average molecular weight is 466 g/mol. The van der Waals surface area contributed by atoms with Gasteiger partial charge in [-0.15, -0.1) is 0 Å². The van der Waals surface area contributed by atoms with Crippen LogP contribution in [0.3, 0.4) is 0 Å². The molecule has 2 heterocycles. The number of nitrogens with one attached hydrogen (secondary N) is 1. The second-order valence-corrected chi connectivity index (χ2v) is 11.2. The van der Waals surface area contributed by atoms with E-state index in [-0.39, 0.29) is 17.5 Å². The van der Waals surface area contributed by atoms with Gasteiger partial charge in [-0.2, -0.15) is 12.7 Å². The van der Waals surface area contributed by atoms with Crippen molar-refractivity contribution in [2.24, 2.45) is 0 Å². The van der Waals surface area contributed by atoms with Crippen molar-refractivity contribution in [1.29, 1.82) is 0 Å². The second-order valence-electron chi connectivity index (χ2n) is 7.71. The fourth-order valence-corrected chi connectivity index (χ4v) is 6.19. The Labute approximate surface area is 181 Å². The molecule has 2 aliphatic rings. The summed E-state index contributed by atoms with van der Waals surface area (Å²) in [6, 6.07) is 12.2. The zero-order valence-corrected chi connectivity index (χ0v) is 18.4. The third kappa shape index (κ3) is 4.34. The first-order chi connectivity index (χ1) is 14.5. The van der Waals surface area contributed by atoms with Crippen molar-refractivity contribution in [1.82, 2.24) is 9.03 Å². The Hall–Kier alpha value is -2.76. The minimum atomic E-state index is -4.00. The number of aliphatic hydroxyl groups is 1. The van der Waals surface area contributed by atoms with E-state index in [0.29, 0.717) is 25.8 Å². The van der Waals surface area contributed by atoms with Crippen molar-refractivity contribution in [3.8, 4) is 5.75 Å². The standard InChI is InChI=1S/C20H23N3O6S2/c1-30(26,27)22-12-16-5-3-2-4-15(16)11-17(22)8-6-14-7-9-18(19(24)10-14)23-13-20(25)21-31(23,28)29/h2-5,7,9-10,13,17,21,24-25H,6,8,11-12H2,1H3. The summed E-state index contributed by atoms with van der Waals surface area (Å²) in [6.07, 6.45) is 3.83. The van der Waals surface area contributed by atoms with Crippen LogP contribution in [-0.2, 0) is 39.6 Å². The number of anilines is 1. The first-order valence-corrected chi connectivity index (χ1v) is 12.9. The maximum Gasteiger partial charge on any atom is 0.330 e. The van der Waals surface area contributed by atoms with Gasteiger partial charge >= 0.3 is 10.2 Å². The topological polar surface area (TPSA) is 127 Å². The van der Waals surface area contributed by atoms with E-state index in [1.807, 2.05) is 29.0 Å². The highest BCUT2D eigenvalue weighted by atomic mass is 32.2. The fourth-order valence-electron chi connectivity index (χ4n) is 4.03. The molecular weight excluding hydrogens is 442 g/mol. The van der Waals surface area contributed by atoms with E-state index < -0.39 is 26.1 Å². The molecule has 166 valence electrons. The Kier molecular flexibility index (Phi) is 5.36. The third-order valence-electron chi connectivity index (χ3n) is 5.51. The van der Waals surface area contributed by atoms with E-state index in [2.05, 4.69) is 0 Å². The molecule has 2 aromatic carbocycles. The fraction of sp³-hybridized carbons (Fsp3) is 0.300. The number of aliphatic hydroxyl groups excluding tert-OH is 1. The van der Waals surface area contributed by atoms with Gasteiger partial charge in [0.05, 0.1) is 12.5 Å². The molecular formula is C20H23N3O6S2. The zero-order chi connectivity index (χ0) is 22.4. The van der Waals surface area contributed by atoms with Crippen molar-refractivity contribution in [2.45, 2.75) is 31.8 Å². The zero-order valence-electron chi connectivity index (χ0n) is 16.8. The second kappa shape index (κ2) is 7.74. The highest BCUT2D eigenvalue weighted by Gasteiger charge is 2.32. The largest absolute Gasteiger partial charge is 0.506 e. The first kappa shape index (κ1) is 21.5. The van der Waals surface area contributed by atoms with Gasteiger partial charge in [0.2, 0.25) is 15.9 Å². The molecule has 2 aliphatic heterocycles. The smallest absolute Gasteiger partial charge is 0.330 e. The van der Waals surface area contributed by atoms with E-state index in [1.165, 1.54) is 22.7 Å². The molecule has 0 bridgehead atoms.